The molecule has 0 atom stereocenters. The molecule has 2 N–H and O–H groups in total. The van der Waals surface area contributed by atoms with Crippen molar-refractivity contribution in [3.8, 4) is 0 Å². The minimum absolute atomic E-state index is 0.0556. The van der Waals surface area contributed by atoms with Gasteiger partial charge >= 0.3 is 12.1 Å². The van der Waals surface area contributed by atoms with Gasteiger partial charge in [0.25, 0.3) is 0 Å². The van der Waals surface area contributed by atoms with Gasteiger partial charge in [-0.1, -0.05) is 13.3 Å². The average Bonchev–Trinajstić information content (AvgIpc) is 2.35. The van der Waals surface area contributed by atoms with E-state index in [0.717, 1.165) is 12.8 Å². The second-order valence-electron chi connectivity index (χ2n) is 4.86. The predicted molar refractivity (Wildman–Crippen MR) is 75.2 cm³/mol. The third kappa shape index (κ3) is 18.6. The molecule has 0 unspecified atom stereocenters. The third-order valence-electron chi connectivity index (χ3n) is 1.76. The van der Waals surface area contributed by atoms with Crippen LogP contribution in [0.2, 0.25) is 0 Å². The Kier molecular flexibility index (Phi) is 12.6. The first-order valence-corrected chi connectivity index (χ1v) is 6.47. The quantitative estimate of drug-likeness (QED) is 0.436. The van der Waals surface area contributed by atoms with Crippen molar-refractivity contribution in [2.45, 2.75) is 46.1 Å². The van der Waals surface area contributed by atoms with Crippen molar-refractivity contribution in [1.29, 1.82) is 0 Å². The van der Waals surface area contributed by atoms with E-state index in [4.69, 9.17) is 4.74 Å². The zero-order valence-corrected chi connectivity index (χ0v) is 12.9. The van der Waals surface area contributed by atoms with Gasteiger partial charge in [0.05, 0.1) is 7.11 Å². The highest BCUT2D eigenvalue weighted by Gasteiger charge is 2.14. The molecule has 2 amide bonds. The largest absolute Gasteiger partial charge is 0.468 e. The van der Waals surface area contributed by atoms with E-state index in [1.165, 1.54) is 7.11 Å². The molecule has 20 heavy (non-hydrogen) atoms. The van der Waals surface area contributed by atoms with Crippen molar-refractivity contribution in [3.63, 3.8) is 0 Å². The van der Waals surface area contributed by atoms with E-state index in [-0.39, 0.29) is 12.6 Å². The van der Waals surface area contributed by atoms with Gasteiger partial charge in [0.15, 0.2) is 0 Å². The maximum atomic E-state index is 11.0. The van der Waals surface area contributed by atoms with E-state index in [1.807, 2.05) is 20.8 Å². The van der Waals surface area contributed by atoms with Crippen LogP contribution in [0.4, 0.5) is 4.79 Å². The number of esters is 1. The van der Waals surface area contributed by atoms with Crippen LogP contribution in [-0.2, 0) is 19.1 Å². The molecule has 0 saturated carbocycles. The van der Waals surface area contributed by atoms with Crippen LogP contribution in [0.5, 0.6) is 0 Å². The Bertz CT molecular complexity index is 287. The van der Waals surface area contributed by atoms with Crippen molar-refractivity contribution < 1.29 is 23.9 Å². The van der Waals surface area contributed by atoms with Crippen LogP contribution >= 0.6 is 0 Å². The van der Waals surface area contributed by atoms with Gasteiger partial charge in [0.2, 0.25) is 6.41 Å². The average molecular weight is 290 g/mol. The van der Waals surface area contributed by atoms with Gasteiger partial charge in [-0.2, -0.15) is 0 Å². The molecule has 0 aromatic rings. The van der Waals surface area contributed by atoms with Crippen molar-refractivity contribution in [2.75, 3.05) is 20.2 Å². The standard InChI is InChI=1S/C9H19NO2.C4H7NO3/c1-5-6-7-10-8(11)12-9(2,3)4;1-8-4(7)2-5-3-6/h5-7H2,1-4H3,(H,10,11);3H,2H2,1H3,(H,5,6). The van der Waals surface area contributed by atoms with E-state index in [1.54, 1.807) is 0 Å². The minimum atomic E-state index is -0.447. The fourth-order valence-electron chi connectivity index (χ4n) is 0.879. The van der Waals surface area contributed by atoms with Crippen LogP contribution in [0.15, 0.2) is 0 Å². The highest BCUT2D eigenvalue weighted by atomic mass is 16.6. The molecule has 7 heteroatoms. The van der Waals surface area contributed by atoms with E-state index in [2.05, 4.69) is 22.3 Å². The summed E-state index contributed by atoms with van der Waals surface area (Å²) in [6, 6.07) is 0. The SMILES string of the molecule is CCCCNC(=O)OC(C)(C)C.COC(=O)CNC=O. The number of rotatable bonds is 6. The van der Waals surface area contributed by atoms with E-state index >= 15 is 0 Å². The number of hydrogen-bond acceptors (Lipinski definition) is 5. The molecular formula is C13H26N2O5. The van der Waals surface area contributed by atoms with Gasteiger partial charge in [-0.15, -0.1) is 0 Å². The number of ether oxygens (including phenoxy) is 2. The Morgan fingerprint density at radius 2 is 1.85 bits per heavy atom. The zero-order valence-electron chi connectivity index (χ0n) is 12.9. The van der Waals surface area contributed by atoms with Gasteiger partial charge in [-0.3, -0.25) is 9.59 Å². The second kappa shape index (κ2) is 12.3. The van der Waals surface area contributed by atoms with Crippen LogP contribution < -0.4 is 10.6 Å². The predicted octanol–water partition coefficient (Wildman–Crippen LogP) is 1.22. The molecule has 7 nitrogen and oxygen atoms in total. The lowest BCUT2D eigenvalue weighted by Crippen LogP contribution is -2.32. The molecule has 0 saturated heterocycles. The number of nitrogens with one attached hydrogen (secondary N) is 2. The summed E-state index contributed by atoms with van der Waals surface area (Å²) in [7, 11) is 1.26. The lowest BCUT2D eigenvalue weighted by Gasteiger charge is -2.19. The monoisotopic (exact) mass is 290 g/mol. The molecule has 0 fully saturated rings. The first-order chi connectivity index (χ1) is 9.26. The summed E-state index contributed by atoms with van der Waals surface area (Å²) in [4.78, 5) is 30.6. The number of methoxy groups -OCH3 is 1. The van der Waals surface area contributed by atoms with Crippen molar-refractivity contribution in [1.82, 2.24) is 10.6 Å². The van der Waals surface area contributed by atoms with Gasteiger partial charge in [-0.25, -0.2) is 4.79 Å². The molecule has 0 aliphatic carbocycles. The summed E-state index contributed by atoms with van der Waals surface area (Å²) in [5.41, 5.74) is -0.393. The van der Waals surface area contributed by atoms with E-state index in [9.17, 15) is 14.4 Å². The van der Waals surface area contributed by atoms with Gasteiger partial charge < -0.3 is 20.1 Å². The number of unbranched alkanes of at least 4 members (excludes halogenated alkanes) is 1. The van der Waals surface area contributed by atoms with Gasteiger partial charge in [0.1, 0.15) is 12.1 Å². The Morgan fingerprint density at radius 1 is 1.25 bits per heavy atom. The lowest BCUT2D eigenvalue weighted by molar-refractivity contribution is -0.140. The molecule has 118 valence electrons. The van der Waals surface area contributed by atoms with E-state index < -0.39 is 11.6 Å². The maximum absolute atomic E-state index is 11.0. The fourth-order valence-corrected chi connectivity index (χ4v) is 0.879. The fraction of sp³-hybridized carbons (Fsp3) is 0.769. The van der Waals surface area contributed by atoms with Crippen molar-refractivity contribution in [3.05, 3.63) is 0 Å². The van der Waals surface area contributed by atoms with Crippen LogP contribution in [0.25, 0.3) is 0 Å². The smallest absolute Gasteiger partial charge is 0.407 e. The van der Waals surface area contributed by atoms with Crippen molar-refractivity contribution >= 4 is 18.5 Å². The van der Waals surface area contributed by atoms with Crippen LogP contribution in [-0.4, -0.2) is 44.3 Å². The first-order valence-electron chi connectivity index (χ1n) is 6.47. The summed E-state index contributed by atoms with van der Waals surface area (Å²) in [5.74, 6) is -0.447. The van der Waals surface area contributed by atoms with Crippen LogP contribution in [0.3, 0.4) is 0 Å². The number of hydrogen-bond donors (Lipinski definition) is 2. The van der Waals surface area contributed by atoms with Crippen LogP contribution in [0, 0.1) is 0 Å². The second-order valence-corrected chi connectivity index (χ2v) is 4.86. The molecule has 0 aliphatic heterocycles. The molecule has 0 aromatic carbocycles. The maximum Gasteiger partial charge on any atom is 0.407 e. The van der Waals surface area contributed by atoms with Gasteiger partial charge in [0, 0.05) is 6.54 Å². The summed E-state index contributed by atoms with van der Waals surface area (Å²) in [6.07, 6.45) is 2.20. The Morgan fingerprint density at radius 3 is 2.25 bits per heavy atom. The molecule has 0 heterocycles. The Hall–Kier alpha value is -1.79. The zero-order chi connectivity index (χ0) is 16.0. The molecule has 0 aliphatic rings. The molecule has 0 rings (SSSR count). The highest BCUT2D eigenvalue weighted by molar-refractivity contribution is 5.73. The van der Waals surface area contributed by atoms with Gasteiger partial charge in [-0.05, 0) is 27.2 Å². The highest BCUT2D eigenvalue weighted by Crippen LogP contribution is 2.06. The summed E-state index contributed by atoms with van der Waals surface area (Å²) < 4.78 is 9.23. The molecule has 0 spiro atoms. The molecule has 0 radical (unpaired) electrons. The number of alkyl carbamates (subject to hydrolysis) is 1. The first kappa shape index (κ1) is 20.5. The summed E-state index contributed by atoms with van der Waals surface area (Å²) in [6.45, 7) is 8.29. The third-order valence-corrected chi connectivity index (χ3v) is 1.76. The number of carbonyl (C=O) groups is 3. The Balaban J connectivity index is 0. The Labute approximate surface area is 120 Å². The van der Waals surface area contributed by atoms with E-state index in [0.29, 0.717) is 13.0 Å². The molecular weight excluding hydrogens is 264 g/mol. The topological polar surface area (TPSA) is 93.7 Å². The normalized spacial score (nSPS) is 9.65. The number of carbonyl (C=O) groups excluding carboxylic acids is 3. The number of amides is 2. The summed E-state index contributed by atoms with van der Waals surface area (Å²) >= 11 is 0. The minimum Gasteiger partial charge on any atom is -0.468 e. The van der Waals surface area contributed by atoms with Crippen molar-refractivity contribution in [2.24, 2.45) is 0 Å². The summed E-state index contributed by atoms with van der Waals surface area (Å²) in [5, 5.41) is 4.82. The molecule has 0 bridgehead atoms. The molecule has 0 aromatic heterocycles. The lowest BCUT2D eigenvalue weighted by atomic mass is 10.2. The van der Waals surface area contributed by atoms with Crippen LogP contribution in [0.1, 0.15) is 40.5 Å².